The van der Waals surface area contributed by atoms with E-state index in [2.05, 4.69) is 10.4 Å². The number of aromatic hydroxyl groups is 1. The SMILES string of the molecule is O=C(Nc1cc(S(=O)(=O)N2CCCC2)ccc1O)c1nn(-c2ccc(F)cc2)c2c1CCC2. The zero-order valence-electron chi connectivity index (χ0n) is 17.8. The first-order valence-electron chi connectivity index (χ1n) is 10.9. The molecule has 1 aromatic heterocycles. The van der Waals surface area contributed by atoms with Crippen molar-refractivity contribution in [2.75, 3.05) is 18.4 Å². The third-order valence-corrected chi connectivity index (χ3v) is 8.03. The van der Waals surface area contributed by atoms with Crippen molar-refractivity contribution in [1.29, 1.82) is 0 Å². The molecule has 0 atom stereocenters. The molecule has 2 heterocycles. The lowest BCUT2D eigenvalue weighted by molar-refractivity contribution is 0.102. The van der Waals surface area contributed by atoms with Crippen LogP contribution in [0.1, 0.15) is 41.0 Å². The molecule has 1 amide bonds. The molecule has 1 aliphatic carbocycles. The van der Waals surface area contributed by atoms with Crippen LogP contribution in [-0.4, -0.2) is 46.6 Å². The largest absolute Gasteiger partial charge is 0.506 e. The highest BCUT2D eigenvalue weighted by molar-refractivity contribution is 7.89. The predicted octanol–water partition coefficient (Wildman–Crippen LogP) is 3.24. The smallest absolute Gasteiger partial charge is 0.276 e. The van der Waals surface area contributed by atoms with E-state index in [0.29, 0.717) is 25.2 Å². The minimum atomic E-state index is -3.70. The number of benzene rings is 2. The van der Waals surface area contributed by atoms with E-state index in [4.69, 9.17) is 0 Å². The van der Waals surface area contributed by atoms with Gasteiger partial charge in [-0.15, -0.1) is 0 Å². The second-order valence-electron chi connectivity index (χ2n) is 8.26. The van der Waals surface area contributed by atoms with Crippen molar-refractivity contribution in [2.45, 2.75) is 37.0 Å². The number of hydrogen-bond acceptors (Lipinski definition) is 5. The number of hydrogen-bond donors (Lipinski definition) is 2. The van der Waals surface area contributed by atoms with Crippen molar-refractivity contribution >= 4 is 21.6 Å². The molecule has 33 heavy (non-hydrogen) atoms. The number of fused-ring (bicyclic) bond motifs is 1. The fourth-order valence-electron chi connectivity index (χ4n) is 4.45. The molecule has 2 N–H and O–H groups in total. The Kier molecular flexibility index (Phi) is 5.41. The summed E-state index contributed by atoms with van der Waals surface area (Å²) in [5.74, 6) is -1.14. The van der Waals surface area contributed by atoms with Crippen LogP contribution < -0.4 is 5.32 Å². The van der Waals surface area contributed by atoms with Gasteiger partial charge < -0.3 is 10.4 Å². The normalized spacial score (nSPS) is 16.2. The summed E-state index contributed by atoms with van der Waals surface area (Å²) < 4.78 is 42.2. The molecule has 5 rings (SSSR count). The number of phenolic OH excluding ortho intramolecular Hbond substituents is 1. The standard InChI is InChI=1S/C23H23FN4O4S/c24-15-6-8-16(9-7-15)28-20-5-3-4-18(20)22(26-28)23(30)25-19-14-17(10-11-21(19)29)33(31,32)27-12-1-2-13-27/h6-11,14,29H,1-5,12-13H2,(H,25,30). The van der Waals surface area contributed by atoms with E-state index in [-0.39, 0.29) is 27.8 Å². The first kappa shape index (κ1) is 21.6. The van der Waals surface area contributed by atoms with Crippen molar-refractivity contribution < 1.29 is 22.7 Å². The predicted molar refractivity (Wildman–Crippen MR) is 120 cm³/mol. The minimum Gasteiger partial charge on any atom is -0.506 e. The molecule has 10 heteroatoms. The van der Waals surface area contributed by atoms with Crippen molar-refractivity contribution in [3.63, 3.8) is 0 Å². The molecule has 0 unspecified atom stereocenters. The molecular formula is C23H23FN4O4S. The molecule has 1 aliphatic heterocycles. The lowest BCUT2D eigenvalue weighted by atomic mass is 10.2. The summed E-state index contributed by atoms with van der Waals surface area (Å²) in [5, 5.41) is 17.4. The van der Waals surface area contributed by atoms with Crippen LogP contribution in [0, 0.1) is 5.82 Å². The van der Waals surface area contributed by atoms with Gasteiger partial charge in [0.1, 0.15) is 11.6 Å². The van der Waals surface area contributed by atoms with E-state index in [9.17, 15) is 22.7 Å². The maximum Gasteiger partial charge on any atom is 0.276 e. The van der Waals surface area contributed by atoms with Gasteiger partial charge in [0.2, 0.25) is 10.0 Å². The number of rotatable bonds is 5. The number of nitrogens with one attached hydrogen (secondary N) is 1. The second kappa shape index (κ2) is 8.27. The summed E-state index contributed by atoms with van der Waals surface area (Å²) in [4.78, 5) is 13.1. The average Bonchev–Trinajstić information content (AvgIpc) is 3.54. The summed E-state index contributed by atoms with van der Waals surface area (Å²) in [6.07, 6.45) is 3.89. The molecule has 172 valence electrons. The van der Waals surface area contributed by atoms with Gasteiger partial charge in [-0.1, -0.05) is 0 Å². The number of anilines is 1. The number of phenols is 1. The van der Waals surface area contributed by atoms with Crippen LogP contribution in [0.3, 0.4) is 0 Å². The summed E-state index contributed by atoms with van der Waals surface area (Å²) >= 11 is 0. The van der Waals surface area contributed by atoms with Gasteiger partial charge in [0.15, 0.2) is 5.69 Å². The van der Waals surface area contributed by atoms with Crippen LogP contribution in [-0.2, 0) is 22.9 Å². The van der Waals surface area contributed by atoms with Crippen LogP contribution in [0.25, 0.3) is 5.69 Å². The van der Waals surface area contributed by atoms with Gasteiger partial charge in [0, 0.05) is 24.3 Å². The van der Waals surface area contributed by atoms with Crippen molar-refractivity contribution in [2.24, 2.45) is 0 Å². The molecule has 2 aliphatic rings. The van der Waals surface area contributed by atoms with Gasteiger partial charge in [0.05, 0.1) is 16.3 Å². The fourth-order valence-corrected chi connectivity index (χ4v) is 5.99. The van der Waals surface area contributed by atoms with E-state index < -0.39 is 15.9 Å². The number of aromatic nitrogens is 2. The van der Waals surface area contributed by atoms with E-state index >= 15 is 0 Å². The number of sulfonamides is 1. The molecule has 8 nitrogen and oxygen atoms in total. The van der Waals surface area contributed by atoms with Crippen LogP contribution >= 0.6 is 0 Å². The molecule has 1 saturated heterocycles. The Morgan fingerprint density at radius 3 is 2.48 bits per heavy atom. The zero-order chi connectivity index (χ0) is 23.2. The highest BCUT2D eigenvalue weighted by atomic mass is 32.2. The van der Waals surface area contributed by atoms with Crippen molar-refractivity contribution in [1.82, 2.24) is 14.1 Å². The fraction of sp³-hybridized carbons (Fsp3) is 0.304. The molecule has 0 spiro atoms. The topological polar surface area (TPSA) is 105 Å². The third kappa shape index (κ3) is 3.89. The van der Waals surface area contributed by atoms with Crippen LogP contribution in [0.4, 0.5) is 10.1 Å². The lowest BCUT2D eigenvalue weighted by Crippen LogP contribution is -2.28. The van der Waals surface area contributed by atoms with Gasteiger partial charge in [-0.05, 0) is 74.6 Å². The highest BCUT2D eigenvalue weighted by Crippen LogP contribution is 2.32. The number of nitrogens with zero attached hydrogens (tertiary/aromatic N) is 3. The Bertz CT molecular complexity index is 1330. The van der Waals surface area contributed by atoms with E-state index in [1.807, 2.05) is 0 Å². The second-order valence-corrected chi connectivity index (χ2v) is 10.2. The Hall–Kier alpha value is -3.24. The average molecular weight is 471 g/mol. The van der Waals surface area contributed by atoms with Crippen molar-refractivity contribution in [3.8, 4) is 11.4 Å². The van der Waals surface area contributed by atoms with Gasteiger partial charge in [-0.3, -0.25) is 4.79 Å². The molecule has 2 aromatic carbocycles. The van der Waals surface area contributed by atoms with Gasteiger partial charge in [-0.2, -0.15) is 9.40 Å². The van der Waals surface area contributed by atoms with E-state index in [1.165, 1.54) is 34.6 Å². The van der Waals surface area contributed by atoms with E-state index in [0.717, 1.165) is 36.9 Å². The lowest BCUT2D eigenvalue weighted by Gasteiger charge is -2.16. The molecule has 0 bridgehead atoms. The third-order valence-electron chi connectivity index (χ3n) is 6.14. The molecule has 1 fully saturated rings. The number of carbonyl (C=O) groups excluding carboxylic acids is 1. The van der Waals surface area contributed by atoms with Gasteiger partial charge >= 0.3 is 0 Å². The first-order chi connectivity index (χ1) is 15.8. The van der Waals surface area contributed by atoms with Gasteiger partial charge in [-0.25, -0.2) is 17.5 Å². The van der Waals surface area contributed by atoms with Crippen LogP contribution in [0.2, 0.25) is 0 Å². The summed E-state index contributed by atoms with van der Waals surface area (Å²) in [7, 11) is -3.70. The minimum absolute atomic E-state index is 0.00310. The quantitative estimate of drug-likeness (QED) is 0.557. The Balaban J connectivity index is 1.46. The summed E-state index contributed by atoms with van der Waals surface area (Å²) in [5.41, 5.74) is 2.55. The molecular weight excluding hydrogens is 447 g/mol. The summed E-state index contributed by atoms with van der Waals surface area (Å²) in [6.45, 7) is 0.912. The summed E-state index contributed by atoms with van der Waals surface area (Å²) in [6, 6.07) is 9.74. The highest BCUT2D eigenvalue weighted by Gasteiger charge is 2.30. The maximum absolute atomic E-state index is 13.3. The number of carbonyl (C=O) groups is 1. The van der Waals surface area contributed by atoms with Gasteiger partial charge in [0.25, 0.3) is 5.91 Å². The van der Waals surface area contributed by atoms with E-state index in [1.54, 1.807) is 16.8 Å². The Labute approximate surface area is 190 Å². The van der Waals surface area contributed by atoms with Crippen LogP contribution in [0.5, 0.6) is 5.75 Å². The number of halogens is 1. The first-order valence-corrected chi connectivity index (χ1v) is 12.3. The van der Waals surface area contributed by atoms with Crippen LogP contribution in [0.15, 0.2) is 47.4 Å². The maximum atomic E-state index is 13.3. The molecule has 0 saturated carbocycles. The Morgan fingerprint density at radius 2 is 1.76 bits per heavy atom. The number of amides is 1. The monoisotopic (exact) mass is 470 g/mol. The molecule has 3 aromatic rings. The zero-order valence-corrected chi connectivity index (χ0v) is 18.6. The molecule has 0 radical (unpaired) electrons. The van der Waals surface area contributed by atoms with Crippen molar-refractivity contribution in [3.05, 3.63) is 65.2 Å². The Morgan fingerprint density at radius 1 is 1.03 bits per heavy atom.